The van der Waals surface area contributed by atoms with E-state index in [2.05, 4.69) is 29.2 Å². The summed E-state index contributed by atoms with van der Waals surface area (Å²) in [5, 5.41) is 4.97. The first-order valence-electron chi connectivity index (χ1n) is 7.45. The second kappa shape index (κ2) is 6.47. The Hall–Kier alpha value is -0.240. The normalized spacial score (nSPS) is 26.5. The third kappa shape index (κ3) is 3.87. The number of nitrogens with zero attached hydrogens (tertiary/aromatic N) is 3. The summed E-state index contributed by atoms with van der Waals surface area (Å²) in [6.45, 7) is 5.41. The minimum absolute atomic E-state index is 0.403. The van der Waals surface area contributed by atoms with Crippen LogP contribution < -0.4 is 17.0 Å². The van der Waals surface area contributed by atoms with Crippen LogP contribution in [0.15, 0.2) is 0 Å². The van der Waals surface area contributed by atoms with E-state index in [1.807, 2.05) is 0 Å². The van der Waals surface area contributed by atoms with E-state index < -0.39 is 0 Å². The number of nitrogens with two attached hydrogens (primary N) is 2. The fourth-order valence-corrected chi connectivity index (χ4v) is 3.36. The lowest BCUT2D eigenvalue weighted by Crippen LogP contribution is -2.61. The Kier molecular flexibility index (Phi) is 5.16. The highest BCUT2D eigenvalue weighted by Crippen LogP contribution is 2.47. The number of rotatable bonds is 7. The Morgan fingerprint density at radius 1 is 1.26 bits per heavy atom. The van der Waals surface area contributed by atoms with Crippen molar-refractivity contribution in [1.82, 2.24) is 20.2 Å². The van der Waals surface area contributed by atoms with E-state index in [1.54, 1.807) is 0 Å². The largest absolute Gasteiger partial charge is 0.311 e. The van der Waals surface area contributed by atoms with E-state index in [9.17, 15) is 0 Å². The molecule has 1 spiro atoms. The summed E-state index contributed by atoms with van der Waals surface area (Å²) in [6.07, 6.45) is 4.93. The summed E-state index contributed by atoms with van der Waals surface area (Å²) in [7, 11) is 4.29. The number of hydrazine groups is 2. The molecular weight excluding hydrogens is 240 g/mol. The van der Waals surface area contributed by atoms with Crippen molar-refractivity contribution in [2.75, 3.05) is 46.8 Å². The highest BCUT2D eigenvalue weighted by molar-refractivity contribution is 5.13. The summed E-state index contributed by atoms with van der Waals surface area (Å²) >= 11 is 0. The Labute approximate surface area is 117 Å². The highest BCUT2D eigenvalue weighted by Gasteiger charge is 2.54. The number of piperazine rings is 1. The van der Waals surface area contributed by atoms with E-state index in [-0.39, 0.29) is 0 Å². The Balaban J connectivity index is 1.83. The standard InChI is InChI=1S/C13H30N6/c1-17(2)8-3-9-18-11-7-16-12(4-10-19(14)15)13(18)5-6-13/h12,16H,3-11,14-15H2,1-2H3. The predicted octanol–water partition coefficient (Wildman–Crippen LogP) is -0.816. The molecule has 0 aromatic carbocycles. The molecule has 6 heteroatoms. The quantitative estimate of drug-likeness (QED) is 0.415. The maximum absolute atomic E-state index is 5.53. The molecule has 1 saturated carbocycles. The molecule has 0 bridgehead atoms. The van der Waals surface area contributed by atoms with Crippen LogP contribution in [-0.4, -0.2) is 73.3 Å². The molecule has 0 aromatic heterocycles. The maximum atomic E-state index is 5.53. The van der Waals surface area contributed by atoms with Gasteiger partial charge in [-0.25, -0.2) is 0 Å². The molecule has 0 amide bonds. The van der Waals surface area contributed by atoms with Gasteiger partial charge in [0.05, 0.1) is 0 Å². The van der Waals surface area contributed by atoms with Gasteiger partial charge in [0.2, 0.25) is 0 Å². The second-order valence-corrected chi connectivity index (χ2v) is 6.28. The van der Waals surface area contributed by atoms with Crippen LogP contribution in [0.2, 0.25) is 0 Å². The van der Waals surface area contributed by atoms with Crippen molar-refractivity contribution >= 4 is 0 Å². The molecule has 1 unspecified atom stereocenters. The van der Waals surface area contributed by atoms with Crippen LogP contribution in [0, 0.1) is 0 Å². The molecule has 1 heterocycles. The van der Waals surface area contributed by atoms with Gasteiger partial charge in [0.25, 0.3) is 0 Å². The summed E-state index contributed by atoms with van der Waals surface area (Å²) in [4.78, 5) is 4.97. The SMILES string of the molecule is CN(C)CCCN1CCNC(CCN(N)N)C12CC2. The smallest absolute Gasteiger partial charge is 0.0364 e. The van der Waals surface area contributed by atoms with Crippen LogP contribution in [0.4, 0.5) is 0 Å². The molecule has 19 heavy (non-hydrogen) atoms. The first-order valence-corrected chi connectivity index (χ1v) is 7.45. The molecule has 2 fully saturated rings. The van der Waals surface area contributed by atoms with Crippen molar-refractivity contribution in [2.24, 2.45) is 11.7 Å². The van der Waals surface area contributed by atoms with E-state index in [4.69, 9.17) is 11.7 Å². The van der Waals surface area contributed by atoms with Crippen molar-refractivity contribution in [3.63, 3.8) is 0 Å². The van der Waals surface area contributed by atoms with Gasteiger partial charge >= 0.3 is 0 Å². The Morgan fingerprint density at radius 3 is 2.58 bits per heavy atom. The number of hydrogen-bond acceptors (Lipinski definition) is 6. The zero-order valence-electron chi connectivity index (χ0n) is 12.4. The van der Waals surface area contributed by atoms with Crippen LogP contribution in [-0.2, 0) is 0 Å². The Bertz CT molecular complexity index is 276. The fraction of sp³-hybridized carbons (Fsp3) is 1.00. The van der Waals surface area contributed by atoms with Crippen molar-refractivity contribution < 1.29 is 0 Å². The van der Waals surface area contributed by atoms with Gasteiger partial charge in [0.15, 0.2) is 0 Å². The molecule has 0 radical (unpaired) electrons. The van der Waals surface area contributed by atoms with E-state index in [1.165, 1.54) is 44.0 Å². The third-order valence-electron chi connectivity index (χ3n) is 4.52. The molecule has 1 saturated heterocycles. The monoisotopic (exact) mass is 270 g/mol. The van der Waals surface area contributed by atoms with Gasteiger partial charge in [-0.05, 0) is 46.3 Å². The van der Waals surface area contributed by atoms with Crippen LogP contribution in [0.3, 0.4) is 0 Å². The first kappa shape index (κ1) is 15.2. The summed E-state index contributed by atoms with van der Waals surface area (Å²) < 4.78 is 0. The summed E-state index contributed by atoms with van der Waals surface area (Å²) in [6, 6.07) is 0.551. The molecule has 2 aliphatic rings. The molecule has 1 aliphatic carbocycles. The summed E-state index contributed by atoms with van der Waals surface area (Å²) in [5.41, 5.74) is 0.403. The van der Waals surface area contributed by atoms with Gasteiger partial charge in [-0.3, -0.25) is 16.6 Å². The van der Waals surface area contributed by atoms with Crippen LogP contribution in [0.1, 0.15) is 25.7 Å². The fourth-order valence-electron chi connectivity index (χ4n) is 3.36. The van der Waals surface area contributed by atoms with Crippen molar-refractivity contribution in [1.29, 1.82) is 0 Å². The third-order valence-corrected chi connectivity index (χ3v) is 4.52. The zero-order valence-corrected chi connectivity index (χ0v) is 12.4. The maximum Gasteiger partial charge on any atom is 0.0364 e. The molecule has 2 rings (SSSR count). The van der Waals surface area contributed by atoms with Crippen LogP contribution in [0.5, 0.6) is 0 Å². The Morgan fingerprint density at radius 2 is 2.00 bits per heavy atom. The topological polar surface area (TPSA) is 73.8 Å². The van der Waals surface area contributed by atoms with Crippen LogP contribution >= 0.6 is 0 Å². The second-order valence-electron chi connectivity index (χ2n) is 6.28. The highest BCUT2D eigenvalue weighted by atomic mass is 15.6. The lowest BCUT2D eigenvalue weighted by molar-refractivity contribution is 0.0852. The number of hydrogen-bond donors (Lipinski definition) is 3. The minimum atomic E-state index is 0.403. The minimum Gasteiger partial charge on any atom is -0.311 e. The van der Waals surface area contributed by atoms with Gasteiger partial charge < -0.3 is 10.2 Å². The van der Waals surface area contributed by atoms with E-state index in [0.29, 0.717) is 11.6 Å². The average molecular weight is 270 g/mol. The van der Waals surface area contributed by atoms with Gasteiger partial charge in [-0.15, -0.1) is 0 Å². The molecule has 1 aliphatic heterocycles. The molecular formula is C13H30N6. The predicted molar refractivity (Wildman–Crippen MR) is 78.2 cm³/mol. The lowest BCUT2D eigenvalue weighted by Gasteiger charge is -2.43. The average Bonchev–Trinajstić information content (AvgIpc) is 3.11. The van der Waals surface area contributed by atoms with Gasteiger partial charge in [0.1, 0.15) is 0 Å². The van der Waals surface area contributed by atoms with Gasteiger partial charge in [-0.2, -0.15) is 5.12 Å². The van der Waals surface area contributed by atoms with Crippen LogP contribution in [0.25, 0.3) is 0 Å². The van der Waals surface area contributed by atoms with Gasteiger partial charge in [-0.1, -0.05) is 0 Å². The van der Waals surface area contributed by atoms with E-state index >= 15 is 0 Å². The molecule has 6 nitrogen and oxygen atoms in total. The van der Waals surface area contributed by atoms with Gasteiger partial charge in [0, 0.05) is 37.8 Å². The van der Waals surface area contributed by atoms with Crippen molar-refractivity contribution in [3.05, 3.63) is 0 Å². The van der Waals surface area contributed by atoms with Crippen molar-refractivity contribution in [3.8, 4) is 0 Å². The van der Waals surface area contributed by atoms with Crippen molar-refractivity contribution in [2.45, 2.75) is 37.3 Å². The zero-order chi connectivity index (χ0) is 13.9. The molecule has 1 atom stereocenters. The molecule has 0 aromatic rings. The first-order chi connectivity index (χ1) is 9.04. The van der Waals surface area contributed by atoms with E-state index in [0.717, 1.165) is 19.5 Å². The number of nitrogens with one attached hydrogen (secondary N) is 1. The lowest BCUT2D eigenvalue weighted by atomic mass is 9.97. The summed E-state index contributed by atoms with van der Waals surface area (Å²) in [5.74, 6) is 11.1. The molecule has 112 valence electrons. The molecule has 5 N–H and O–H groups in total.